The van der Waals surface area contributed by atoms with Crippen LogP contribution in [0.25, 0.3) is 0 Å². The maximum absolute atomic E-state index is 5.68. The first kappa shape index (κ1) is 12.7. The Hall–Kier alpha value is -1.73. The van der Waals surface area contributed by atoms with Gasteiger partial charge in [-0.1, -0.05) is 6.92 Å². The van der Waals surface area contributed by atoms with Crippen molar-refractivity contribution in [3.05, 3.63) is 34.8 Å². The molecule has 3 N–H and O–H groups in total. The van der Waals surface area contributed by atoms with E-state index in [1.807, 2.05) is 13.0 Å². The molecule has 0 aliphatic rings. The topological polar surface area (TPSA) is 86.0 Å². The highest BCUT2D eigenvalue weighted by Crippen LogP contribution is 2.27. The van der Waals surface area contributed by atoms with E-state index in [1.54, 1.807) is 12.4 Å². The van der Waals surface area contributed by atoms with Crippen LogP contribution in [-0.2, 0) is 6.42 Å². The summed E-state index contributed by atoms with van der Waals surface area (Å²) in [7, 11) is 0. The second kappa shape index (κ2) is 5.74. The van der Waals surface area contributed by atoms with Crippen molar-refractivity contribution in [3.8, 4) is 11.6 Å². The first-order valence-electron chi connectivity index (χ1n) is 5.33. The van der Waals surface area contributed by atoms with Crippen molar-refractivity contribution in [3.63, 3.8) is 0 Å². The molecule has 0 aliphatic heterocycles. The molecule has 0 amide bonds. The van der Waals surface area contributed by atoms with E-state index in [9.17, 15) is 0 Å². The van der Waals surface area contributed by atoms with Crippen LogP contribution in [0.15, 0.2) is 29.3 Å². The van der Waals surface area contributed by atoms with Gasteiger partial charge in [-0.2, -0.15) is 0 Å². The van der Waals surface area contributed by atoms with Crippen molar-refractivity contribution in [1.82, 2.24) is 15.0 Å². The van der Waals surface area contributed by atoms with Gasteiger partial charge < -0.3 is 10.2 Å². The molecule has 0 bridgehead atoms. The van der Waals surface area contributed by atoms with E-state index in [2.05, 4.69) is 36.3 Å². The summed E-state index contributed by atoms with van der Waals surface area (Å²) in [6.07, 6.45) is 5.40. The third kappa shape index (κ3) is 2.74. The molecule has 0 fully saturated rings. The number of halogens is 1. The van der Waals surface area contributed by atoms with Crippen LogP contribution in [0.1, 0.15) is 12.5 Å². The third-order valence-corrected chi connectivity index (χ3v) is 2.72. The SMILES string of the molecule is CCc1c(NN)ncnc1Oc1cncc(Br)c1. The molecule has 0 unspecified atom stereocenters. The van der Waals surface area contributed by atoms with Crippen molar-refractivity contribution in [2.75, 3.05) is 5.43 Å². The smallest absolute Gasteiger partial charge is 0.227 e. The summed E-state index contributed by atoms with van der Waals surface area (Å²) in [6.45, 7) is 1.98. The minimum absolute atomic E-state index is 0.473. The van der Waals surface area contributed by atoms with Gasteiger partial charge in [-0.15, -0.1) is 0 Å². The summed E-state index contributed by atoms with van der Waals surface area (Å²) >= 11 is 3.33. The second-order valence-corrected chi connectivity index (χ2v) is 4.36. The van der Waals surface area contributed by atoms with E-state index in [-0.39, 0.29) is 0 Å². The van der Waals surface area contributed by atoms with Gasteiger partial charge in [0.1, 0.15) is 17.9 Å². The lowest BCUT2D eigenvalue weighted by Crippen LogP contribution is -2.12. The van der Waals surface area contributed by atoms with Crippen molar-refractivity contribution >= 4 is 21.7 Å². The number of aromatic nitrogens is 3. The van der Waals surface area contributed by atoms with Gasteiger partial charge in [0, 0.05) is 10.7 Å². The number of hydrogen-bond donors (Lipinski definition) is 2. The largest absolute Gasteiger partial charge is 0.437 e. The molecule has 2 rings (SSSR count). The highest BCUT2D eigenvalue weighted by atomic mass is 79.9. The second-order valence-electron chi connectivity index (χ2n) is 3.44. The zero-order chi connectivity index (χ0) is 13.0. The predicted molar refractivity (Wildman–Crippen MR) is 71.2 cm³/mol. The Balaban J connectivity index is 2.34. The fraction of sp³-hybridized carbons (Fsp3) is 0.182. The lowest BCUT2D eigenvalue weighted by molar-refractivity contribution is 0.453. The molecule has 2 aromatic heterocycles. The minimum atomic E-state index is 0.473. The summed E-state index contributed by atoms with van der Waals surface area (Å²) in [5, 5.41) is 0. The maximum atomic E-state index is 5.68. The zero-order valence-corrected chi connectivity index (χ0v) is 11.3. The van der Waals surface area contributed by atoms with Crippen LogP contribution in [0, 0.1) is 0 Å². The van der Waals surface area contributed by atoms with Crippen LogP contribution in [0.4, 0.5) is 5.82 Å². The van der Waals surface area contributed by atoms with Crippen molar-refractivity contribution in [1.29, 1.82) is 0 Å². The summed E-state index contributed by atoms with van der Waals surface area (Å²) in [5.74, 6) is 7.03. The Labute approximate surface area is 113 Å². The van der Waals surface area contributed by atoms with Gasteiger partial charge in [0.2, 0.25) is 5.88 Å². The Kier molecular flexibility index (Phi) is 4.06. The van der Waals surface area contributed by atoms with Gasteiger partial charge in [-0.3, -0.25) is 4.98 Å². The Bertz CT molecular complexity index is 549. The zero-order valence-electron chi connectivity index (χ0n) is 9.72. The van der Waals surface area contributed by atoms with Gasteiger partial charge in [0.15, 0.2) is 0 Å². The molecule has 0 atom stereocenters. The number of pyridine rings is 1. The van der Waals surface area contributed by atoms with Crippen LogP contribution < -0.4 is 16.0 Å². The number of hydrazine groups is 1. The molecule has 0 radical (unpaired) electrons. The third-order valence-electron chi connectivity index (χ3n) is 2.29. The van der Waals surface area contributed by atoms with Crippen molar-refractivity contribution in [2.24, 2.45) is 5.84 Å². The number of rotatable bonds is 4. The highest BCUT2D eigenvalue weighted by Gasteiger charge is 2.11. The molecule has 7 heteroatoms. The van der Waals surface area contributed by atoms with Gasteiger partial charge in [0.25, 0.3) is 0 Å². The molecule has 0 spiro atoms. The fourth-order valence-electron chi connectivity index (χ4n) is 1.49. The molecule has 0 aliphatic carbocycles. The van der Waals surface area contributed by atoms with Crippen molar-refractivity contribution < 1.29 is 4.74 Å². The summed E-state index contributed by atoms with van der Waals surface area (Å²) < 4.78 is 6.52. The number of ether oxygens (including phenoxy) is 1. The predicted octanol–water partition coefficient (Wildman–Crippen LogP) is 2.27. The first-order chi connectivity index (χ1) is 8.74. The molecular formula is C11H12BrN5O. The Morgan fingerprint density at radius 1 is 1.39 bits per heavy atom. The monoisotopic (exact) mass is 309 g/mol. The number of nitrogen functional groups attached to an aromatic ring is 1. The molecule has 0 aromatic carbocycles. The average Bonchev–Trinajstić information content (AvgIpc) is 2.38. The van der Waals surface area contributed by atoms with Gasteiger partial charge in [0.05, 0.1) is 11.8 Å². The molecule has 2 aromatic rings. The minimum Gasteiger partial charge on any atom is -0.437 e. The van der Waals surface area contributed by atoms with E-state index >= 15 is 0 Å². The lowest BCUT2D eigenvalue weighted by Gasteiger charge is -2.11. The molecular weight excluding hydrogens is 298 g/mol. The molecule has 18 heavy (non-hydrogen) atoms. The van der Waals surface area contributed by atoms with Gasteiger partial charge in [-0.05, 0) is 28.4 Å². The first-order valence-corrected chi connectivity index (χ1v) is 6.12. The lowest BCUT2D eigenvalue weighted by atomic mass is 10.2. The number of nitrogens with one attached hydrogen (secondary N) is 1. The molecule has 2 heterocycles. The van der Waals surface area contributed by atoms with Crippen LogP contribution in [0.2, 0.25) is 0 Å². The van der Waals surface area contributed by atoms with E-state index in [0.717, 1.165) is 10.0 Å². The van der Waals surface area contributed by atoms with E-state index in [1.165, 1.54) is 6.33 Å². The summed E-state index contributed by atoms with van der Waals surface area (Å²) in [6, 6.07) is 1.81. The number of hydrogen-bond acceptors (Lipinski definition) is 6. The molecule has 0 saturated carbocycles. The van der Waals surface area contributed by atoms with Gasteiger partial charge in [-0.25, -0.2) is 15.8 Å². The molecule has 94 valence electrons. The van der Waals surface area contributed by atoms with E-state index in [0.29, 0.717) is 23.9 Å². The van der Waals surface area contributed by atoms with E-state index < -0.39 is 0 Å². The van der Waals surface area contributed by atoms with Crippen LogP contribution in [-0.4, -0.2) is 15.0 Å². The summed E-state index contributed by atoms with van der Waals surface area (Å²) in [4.78, 5) is 12.2. The number of nitrogens with two attached hydrogens (primary N) is 1. The average molecular weight is 310 g/mol. The fourth-order valence-corrected chi connectivity index (χ4v) is 1.83. The number of nitrogens with zero attached hydrogens (tertiary/aromatic N) is 3. The van der Waals surface area contributed by atoms with Crippen LogP contribution in [0.5, 0.6) is 11.6 Å². The Morgan fingerprint density at radius 2 is 2.22 bits per heavy atom. The normalized spacial score (nSPS) is 10.2. The quantitative estimate of drug-likeness (QED) is 0.665. The maximum Gasteiger partial charge on any atom is 0.227 e. The van der Waals surface area contributed by atoms with Gasteiger partial charge >= 0.3 is 0 Å². The standard InChI is InChI=1S/C11H12BrN5O/c1-2-9-10(17-13)15-6-16-11(9)18-8-3-7(12)4-14-5-8/h3-6H,2,13H2,1H3,(H,15,16,17). The van der Waals surface area contributed by atoms with Crippen LogP contribution in [0.3, 0.4) is 0 Å². The summed E-state index contributed by atoms with van der Waals surface area (Å²) in [5.41, 5.74) is 3.35. The highest BCUT2D eigenvalue weighted by molar-refractivity contribution is 9.10. The van der Waals surface area contributed by atoms with Crippen LogP contribution >= 0.6 is 15.9 Å². The van der Waals surface area contributed by atoms with E-state index in [4.69, 9.17) is 10.6 Å². The Morgan fingerprint density at radius 3 is 2.89 bits per heavy atom. The van der Waals surface area contributed by atoms with Crippen molar-refractivity contribution in [2.45, 2.75) is 13.3 Å². The molecule has 0 saturated heterocycles. The molecule has 6 nitrogen and oxygen atoms in total. The number of anilines is 1.